The number of imide groups is 1. The molecule has 0 aromatic heterocycles. The normalized spacial score (nSPS) is 9.84. The van der Waals surface area contributed by atoms with Gasteiger partial charge in [-0.1, -0.05) is 34.5 Å². The lowest BCUT2D eigenvalue weighted by atomic mass is 10.3. The SMILES string of the molecule is CCCNC(=O)NC(=O)COc1ccc(Br)cc1Cl. The minimum Gasteiger partial charge on any atom is -0.482 e. The molecule has 2 N–H and O–H groups in total. The van der Waals surface area contributed by atoms with Crippen LogP contribution in [0.1, 0.15) is 13.3 Å². The highest BCUT2D eigenvalue weighted by molar-refractivity contribution is 9.10. The van der Waals surface area contributed by atoms with Crippen molar-refractivity contribution < 1.29 is 14.3 Å². The van der Waals surface area contributed by atoms with Crippen LogP contribution in [0.3, 0.4) is 0 Å². The van der Waals surface area contributed by atoms with Crippen molar-refractivity contribution in [2.45, 2.75) is 13.3 Å². The molecule has 1 rings (SSSR count). The van der Waals surface area contributed by atoms with E-state index >= 15 is 0 Å². The predicted octanol–water partition coefficient (Wildman–Crippen LogP) is 2.72. The first-order valence-corrected chi connectivity index (χ1v) is 6.85. The summed E-state index contributed by atoms with van der Waals surface area (Å²) in [6.45, 7) is 2.15. The van der Waals surface area contributed by atoms with Crippen LogP contribution in [0.2, 0.25) is 5.02 Å². The van der Waals surface area contributed by atoms with Gasteiger partial charge in [0.25, 0.3) is 5.91 Å². The highest BCUT2D eigenvalue weighted by Gasteiger charge is 2.09. The Labute approximate surface area is 124 Å². The molecule has 3 amide bonds. The third-order valence-electron chi connectivity index (χ3n) is 2.04. The van der Waals surface area contributed by atoms with Crippen LogP contribution in [-0.2, 0) is 4.79 Å². The molecule has 104 valence electrons. The Kier molecular flexibility index (Phi) is 6.66. The van der Waals surface area contributed by atoms with Gasteiger partial charge in [-0.05, 0) is 24.6 Å². The number of carbonyl (C=O) groups excluding carboxylic acids is 2. The van der Waals surface area contributed by atoms with E-state index in [-0.39, 0.29) is 6.61 Å². The summed E-state index contributed by atoms with van der Waals surface area (Å²) in [5, 5.41) is 5.06. The minimum atomic E-state index is -0.535. The average molecular weight is 350 g/mol. The fourth-order valence-electron chi connectivity index (χ4n) is 1.18. The topological polar surface area (TPSA) is 67.4 Å². The molecule has 0 aliphatic heterocycles. The first-order chi connectivity index (χ1) is 9.02. The van der Waals surface area contributed by atoms with Gasteiger partial charge in [0.15, 0.2) is 6.61 Å². The largest absolute Gasteiger partial charge is 0.482 e. The first-order valence-electron chi connectivity index (χ1n) is 5.68. The molecule has 0 aliphatic rings. The third kappa shape index (κ3) is 5.94. The summed E-state index contributed by atoms with van der Waals surface area (Å²) >= 11 is 9.18. The van der Waals surface area contributed by atoms with E-state index in [1.807, 2.05) is 6.92 Å². The second-order valence-electron chi connectivity index (χ2n) is 3.67. The van der Waals surface area contributed by atoms with Crippen LogP contribution in [0.4, 0.5) is 4.79 Å². The maximum atomic E-state index is 11.4. The molecule has 0 saturated heterocycles. The lowest BCUT2D eigenvalue weighted by Crippen LogP contribution is -2.41. The zero-order valence-electron chi connectivity index (χ0n) is 10.3. The highest BCUT2D eigenvalue weighted by Crippen LogP contribution is 2.27. The fraction of sp³-hybridized carbons (Fsp3) is 0.333. The smallest absolute Gasteiger partial charge is 0.321 e. The number of halogens is 2. The van der Waals surface area contributed by atoms with E-state index < -0.39 is 11.9 Å². The molecule has 1 aromatic carbocycles. The van der Waals surface area contributed by atoms with E-state index in [0.717, 1.165) is 10.9 Å². The van der Waals surface area contributed by atoms with Crippen LogP contribution >= 0.6 is 27.5 Å². The molecule has 1 aromatic rings. The molecule has 5 nitrogen and oxygen atoms in total. The standard InChI is InChI=1S/C12H14BrClN2O3/c1-2-5-15-12(18)16-11(17)7-19-10-4-3-8(13)6-9(10)14/h3-4,6H,2,5,7H2,1H3,(H2,15,16,17,18). The number of hydrogen-bond donors (Lipinski definition) is 2. The zero-order valence-corrected chi connectivity index (χ0v) is 12.7. The van der Waals surface area contributed by atoms with Crippen LogP contribution in [0.5, 0.6) is 5.75 Å². The van der Waals surface area contributed by atoms with Crippen molar-refractivity contribution in [1.82, 2.24) is 10.6 Å². The molecular formula is C12H14BrClN2O3. The quantitative estimate of drug-likeness (QED) is 0.859. The van der Waals surface area contributed by atoms with Gasteiger partial charge < -0.3 is 10.1 Å². The number of urea groups is 1. The maximum absolute atomic E-state index is 11.4. The van der Waals surface area contributed by atoms with E-state index in [1.54, 1.807) is 18.2 Å². The Morgan fingerprint density at radius 1 is 1.42 bits per heavy atom. The Morgan fingerprint density at radius 3 is 2.79 bits per heavy atom. The van der Waals surface area contributed by atoms with E-state index in [9.17, 15) is 9.59 Å². The van der Waals surface area contributed by atoms with Crippen molar-refractivity contribution in [1.29, 1.82) is 0 Å². The number of ether oxygens (including phenoxy) is 1. The lowest BCUT2D eigenvalue weighted by molar-refractivity contribution is -0.122. The highest BCUT2D eigenvalue weighted by atomic mass is 79.9. The molecule has 0 unspecified atom stereocenters. The maximum Gasteiger partial charge on any atom is 0.321 e. The molecule has 7 heteroatoms. The molecule has 0 aliphatic carbocycles. The van der Waals surface area contributed by atoms with Crippen molar-refractivity contribution in [3.63, 3.8) is 0 Å². The van der Waals surface area contributed by atoms with Gasteiger partial charge in [-0.3, -0.25) is 10.1 Å². The Bertz CT molecular complexity index is 468. The molecule has 0 fully saturated rings. The van der Waals surface area contributed by atoms with Gasteiger partial charge in [0.1, 0.15) is 5.75 Å². The van der Waals surface area contributed by atoms with Crippen molar-refractivity contribution in [2.24, 2.45) is 0 Å². The van der Waals surface area contributed by atoms with Crippen LogP contribution in [-0.4, -0.2) is 25.1 Å². The van der Waals surface area contributed by atoms with E-state index in [0.29, 0.717) is 17.3 Å². The summed E-state index contributed by atoms with van der Waals surface area (Å²) in [5.41, 5.74) is 0. The fourth-order valence-corrected chi connectivity index (χ4v) is 1.91. The molecule has 0 bridgehead atoms. The van der Waals surface area contributed by atoms with Crippen LogP contribution in [0.25, 0.3) is 0 Å². The summed E-state index contributed by atoms with van der Waals surface area (Å²) in [6, 6.07) is 4.50. The predicted molar refractivity (Wildman–Crippen MR) is 76.5 cm³/mol. The van der Waals surface area contributed by atoms with E-state index in [1.165, 1.54) is 0 Å². The van der Waals surface area contributed by atoms with E-state index in [2.05, 4.69) is 26.6 Å². The molecule has 0 heterocycles. The van der Waals surface area contributed by atoms with Gasteiger partial charge in [0.05, 0.1) is 5.02 Å². The minimum absolute atomic E-state index is 0.277. The van der Waals surface area contributed by atoms with Crippen molar-refractivity contribution in [3.05, 3.63) is 27.7 Å². The zero-order chi connectivity index (χ0) is 14.3. The van der Waals surface area contributed by atoms with Gasteiger partial charge in [0, 0.05) is 11.0 Å². The lowest BCUT2D eigenvalue weighted by Gasteiger charge is -2.08. The monoisotopic (exact) mass is 348 g/mol. The van der Waals surface area contributed by atoms with Crippen LogP contribution < -0.4 is 15.4 Å². The summed E-state index contributed by atoms with van der Waals surface area (Å²) in [4.78, 5) is 22.6. The van der Waals surface area contributed by atoms with Gasteiger partial charge in [-0.15, -0.1) is 0 Å². The first kappa shape index (κ1) is 15.8. The van der Waals surface area contributed by atoms with Crippen LogP contribution in [0.15, 0.2) is 22.7 Å². The van der Waals surface area contributed by atoms with Crippen molar-refractivity contribution in [3.8, 4) is 5.75 Å². The molecule has 0 saturated carbocycles. The molecule has 0 radical (unpaired) electrons. The Morgan fingerprint density at radius 2 is 2.16 bits per heavy atom. The van der Waals surface area contributed by atoms with Gasteiger partial charge in [-0.25, -0.2) is 4.79 Å². The number of benzene rings is 1. The molecule has 0 spiro atoms. The number of carbonyl (C=O) groups is 2. The molecular weight excluding hydrogens is 336 g/mol. The molecule has 19 heavy (non-hydrogen) atoms. The van der Waals surface area contributed by atoms with Crippen molar-refractivity contribution in [2.75, 3.05) is 13.2 Å². The van der Waals surface area contributed by atoms with Gasteiger partial charge in [-0.2, -0.15) is 0 Å². The second kappa shape index (κ2) is 8.01. The summed E-state index contributed by atoms with van der Waals surface area (Å²) in [7, 11) is 0. The number of hydrogen-bond acceptors (Lipinski definition) is 3. The molecule has 0 atom stereocenters. The number of amides is 3. The Hall–Kier alpha value is -1.27. The summed E-state index contributed by atoms with van der Waals surface area (Å²) in [6.07, 6.45) is 0.798. The average Bonchev–Trinajstić information content (AvgIpc) is 2.35. The summed E-state index contributed by atoms with van der Waals surface area (Å²) < 4.78 is 6.03. The summed E-state index contributed by atoms with van der Waals surface area (Å²) in [5.74, 6) is -0.151. The van der Waals surface area contributed by atoms with Gasteiger partial charge in [0.2, 0.25) is 0 Å². The van der Waals surface area contributed by atoms with Crippen LogP contribution in [0, 0.1) is 0 Å². The second-order valence-corrected chi connectivity index (χ2v) is 4.99. The Balaban J connectivity index is 2.39. The number of nitrogens with one attached hydrogen (secondary N) is 2. The van der Waals surface area contributed by atoms with Gasteiger partial charge >= 0.3 is 6.03 Å². The van der Waals surface area contributed by atoms with Crippen molar-refractivity contribution >= 4 is 39.5 Å². The third-order valence-corrected chi connectivity index (χ3v) is 2.83. The van der Waals surface area contributed by atoms with E-state index in [4.69, 9.17) is 16.3 Å². The number of rotatable bonds is 5.